The Kier molecular flexibility index (Phi) is 4.25. The lowest BCUT2D eigenvalue weighted by atomic mass is 9.91. The van der Waals surface area contributed by atoms with E-state index < -0.39 is 0 Å². The van der Waals surface area contributed by atoms with E-state index in [1.807, 2.05) is 36.4 Å². The van der Waals surface area contributed by atoms with Crippen molar-refractivity contribution in [3.63, 3.8) is 0 Å². The predicted molar refractivity (Wildman–Crippen MR) is 114 cm³/mol. The molecule has 2 heteroatoms. The first-order valence-corrected chi connectivity index (χ1v) is 9.76. The first-order valence-electron chi connectivity index (χ1n) is 9.76. The second kappa shape index (κ2) is 7.05. The molecule has 0 amide bonds. The van der Waals surface area contributed by atoms with Crippen LogP contribution in [0.4, 0.5) is 0 Å². The van der Waals surface area contributed by atoms with Crippen LogP contribution in [0.15, 0.2) is 84.9 Å². The molecular formula is C26H22O2. The van der Waals surface area contributed by atoms with Crippen LogP contribution in [-0.4, -0.2) is 7.11 Å². The minimum Gasteiger partial charge on any atom is -0.497 e. The van der Waals surface area contributed by atoms with Gasteiger partial charge < -0.3 is 9.47 Å². The molecule has 2 nitrogen and oxygen atoms in total. The summed E-state index contributed by atoms with van der Waals surface area (Å²) >= 11 is 0. The largest absolute Gasteiger partial charge is 0.497 e. The Hall–Kier alpha value is -3.26. The molecule has 28 heavy (non-hydrogen) atoms. The van der Waals surface area contributed by atoms with Gasteiger partial charge >= 0.3 is 0 Å². The molecule has 0 heterocycles. The van der Waals surface area contributed by atoms with Crippen LogP contribution in [0.1, 0.15) is 24.3 Å². The summed E-state index contributed by atoms with van der Waals surface area (Å²) in [7, 11) is 1.71. The molecule has 0 radical (unpaired) electrons. The van der Waals surface area contributed by atoms with Gasteiger partial charge in [0.1, 0.15) is 17.2 Å². The highest BCUT2D eigenvalue weighted by Crippen LogP contribution is 2.51. The van der Waals surface area contributed by atoms with Crippen molar-refractivity contribution in [3.05, 3.63) is 90.5 Å². The van der Waals surface area contributed by atoms with Gasteiger partial charge in [-0.25, -0.2) is 0 Å². The molecule has 0 aliphatic heterocycles. The molecule has 0 bridgehead atoms. The Morgan fingerprint density at radius 3 is 2.14 bits per heavy atom. The van der Waals surface area contributed by atoms with E-state index in [0.29, 0.717) is 5.92 Å². The molecule has 1 aliphatic rings. The number of hydrogen-bond donors (Lipinski definition) is 0. The van der Waals surface area contributed by atoms with Crippen LogP contribution < -0.4 is 9.47 Å². The Balaban J connectivity index is 1.81. The maximum Gasteiger partial charge on any atom is 0.143 e. The zero-order valence-electron chi connectivity index (χ0n) is 15.9. The second-order valence-electron chi connectivity index (χ2n) is 7.31. The highest BCUT2D eigenvalue weighted by atomic mass is 16.5. The molecule has 1 fully saturated rings. The van der Waals surface area contributed by atoms with Gasteiger partial charge in [-0.15, -0.1) is 0 Å². The van der Waals surface area contributed by atoms with Crippen LogP contribution in [0.2, 0.25) is 0 Å². The molecule has 0 spiro atoms. The van der Waals surface area contributed by atoms with Crippen LogP contribution in [0.5, 0.6) is 17.2 Å². The summed E-state index contributed by atoms with van der Waals surface area (Å²) in [5, 5.41) is 2.26. The van der Waals surface area contributed by atoms with E-state index >= 15 is 0 Å². The summed E-state index contributed by atoms with van der Waals surface area (Å²) in [6, 6.07) is 29.2. The second-order valence-corrected chi connectivity index (χ2v) is 7.31. The average molecular weight is 366 g/mol. The first kappa shape index (κ1) is 16.9. The maximum absolute atomic E-state index is 6.53. The van der Waals surface area contributed by atoms with Crippen LogP contribution >= 0.6 is 0 Å². The number of ether oxygens (including phenoxy) is 2. The van der Waals surface area contributed by atoms with Crippen molar-refractivity contribution >= 4 is 10.8 Å². The highest BCUT2D eigenvalue weighted by Gasteiger charge is 2.29. The van der Waals surface area contributed by atoms with E-state index in [1.165, 1.54) is 29.5 Å². The Morgan fingerprint density at radius 1 is 0.750 bits per heavy atom. The van der Waals surface area contributed by atoms with Gasteiger partial charge in [0.05, 0.1) is 7.11 Å². The molecule has 4 aromatic carbocycles. The summed E-state index contributed by atoms with van der Waals surface area (Å²) in [5.74, 6) is 3.25. The van der Waals surface area contributed by atoms with E-state index in [9.17, 15) is 0 Å². The van der Waals surface area contributed by atoms with Crippen molar-refractivity contribution in [2.24, 2.45) is 0 Å². The van der Waals surface area contributed by atoms with Crippen molar-refractivity contribution < 1.29 is 9.47 Å². The van der Waals surface area contributed by atoms with Crippen molar-refractivity contribution in [2.45, 2.75) is 18.8 Å². The van der Waals surface area contributed by atoms with Gasteiger partial charge in [-0.1, -0.05) is 48.5 Å². The highest BCUT2D eigenvalue weighted by molar-refractivity contribution is 5.98. The smallest absolute Gasteiger partial charge is 0.143 e. The van der Waals surface area contributed by atoms with Crippen LogP contribution in [0.25, 0.3) is 21.9 Å². The fourth-order valence-corrected chi connectivity index (χ4v) is 3.83. The summed E-state index contributed by atoms with van der Waals surface area (Å²) < 4.78 is 12.0. The first-order chi connectivity index (χ1) is 13.8. The van der Waals surface area contributed by atoms with E-state index in [1.54, 1.807) is 7.11 Å². The van der Waals surface area contributed by atoms with E-state index in [0.717, 1.165) is 28.0 Å². The molecule has 0 atom stereocenters. The summed E-state index contributed by atoms with van der Waals surface area (Å²) in [6.07, 6.45) is 2.47. The number of rotatable bonds is 5. The molecule has 1 saturated carbocycles. The molecule has 0 saturated heterocycles. The third-order valence-electron chi connectivity index (χ3n) is 5.37. The summed E-state index contributed by atoms with van der Waals surface area (Å²) in [5.41, 5.74) is 3.79. The minimum atomic E-state index is 0.601. The van der Waals surface area contributed by atoms with Crippen LogP contribution in [0, 0.1) is 0 Å². The average Bonchev–Trinajstić information content (AvgIpc) is 3.60. The molecule has 0 unspecified atom stereocenters. The lowest BCUT2D eigenvalue weighted by Gasteiger charge is -2.19. The van der Waals surface area contributed by atoms with Crippen molar-refractivity contribution in [1.29, 1.82) is 0 Å². The number of para-hydroxylation sites is 1. The molecule has 0 aromatic heterocycles. The van der Waals surface area contributed by atoms with Gasteiger partial charge in [0.25, 0.3) is 0 Å². The van der Waals surface area contributed by atoms with Gasteiger partial charge in [-0.2, -0.15) is 0 Å². The van der Waals surface area contributed by atoms with Gasteiger partial charge in [0, 0.05) is 10.9 Å². The number of benzene rings is 4. The molecule has 5 rings (SSSR count). The summed E-state index contributed by atoms with van der Waals surface area (Å²) in [4.78, 5) is 0. The van der Waals surface area contributed by atoms with Gasteiger partial charge in [-0.3, -0.25) is 0 Å². The standard InChI is InChI=1S/C26H22O2/c1-27-22-14-15-23-20(16-22)17-24(18-12-13-18)25(19-8-4-2-5-9-19)26(23)28-21-10-6-3-7-11-21/h2-11,14-18H,12-13H2,1H3. The lowest BCUT2D eigenvalue weighted by Crippen LogP contribution is -1.96. The third-order valence-corrected chi connectivity index (χ3v) is 5.37. The predicted octanol–water partition coefficient (Wildman–Crippen LogP) is 7.19. The van der Waals surface area contributed by atoms with E-state index in [2.05, 4.69) is 48.5 Å². The van der Waals surface area contributed by atoms with Crippen molar-refractivity contribution in [1.82, 2.24) is 0 Å². The number of methoxy groups -OCH3 is 1. The van der Waals surface area contributed by atoms with E-state index in [4.69, 9.17) is 9.47 Å². The lowest BCUT2D eigenvalue weighted by molar-refractivity contribution is 0.415. The molecule has 1 aliphatic carbocycles. The van der Waals surface area contributed by atoms with Crippen LogP contribution in [-0.2, 0) is 0 Å². The maximum atomic E-state index is 6.53. The fourth-order valence-electron chi connectivity index (χ4n) is 3.83. The topological polar surface area (TPSA) is 18.5 Å². The normalized spacial score (nSPS) is 13.5. The molecular weight excluding hydrogens is 344 g/mol. The van der Waals surface area contributed by atoms with Crippen LogP contribution in [0.3, 0.4) is 0 Å². The van der Waals surface area contributed by atoms with Crippen molar-refractivity contribution in [2.75, 3.05) is 7.11 Å². The monoisotopic (exact) mass is 366 g/mol. The Labute approximate surface area is 165 Å². The Morgan fingerprint density at radius 2 is 1.46 bits per heavy atom. The number of fused-ring (bicyclic) bond motifs is 1. The zero-order chi connectivity index (χ0) is 18.9. The fraction of sp³-hybridized carbons (Fsp3) is 0.154. The minimum absolute atomic E-state index is 0.601. The summed E-state index contributed by atoms with van der Waals surface area (Å²) in [6.45, 7) is 0. The molecule has 0 N–H and O–H groups in total. The van der Waals surface area contributed by atoms with Gasteiger partial charge in [-0.05, 0) is 71.7 Å². The quantitative estimate of drug-likeness (QED) is 0.372. The molecule has 138 valence electrons. The van der Waals surface area contributed by atoms with E-state index in [-0.39, 0.29) is 0 Å². The molecule has 4 aromatic rings. The Bertz CT molecular complexity index is 1110. The van der Waals surface area contributed by atoms with Crippen molar-refractivity contribution in [3.8, 4) is 28.4 Å². The van der Waals surface area contributed by atoms with Gasteiger partial charge in [0.2, 0.25) is 0 Å². The zero-order valence-corrected chi connectivity index (χ0v) is 15.9. The van der Waals surface area contributed by atoms with Gasteiger partial charge in [0.15, 0.2) is 0 Å². The third kappa shape index (κ3) is 3.11. The number of hydrogen-bond acceptors (Lipinski definition) is 2. The SMILES string of the molecule is COc1ccc2c(Oc3ccccc3)c(-c3ccccc3)c(C3CC3)cc2c1.